The largest absolute Gasteiger partial charge is 0.389 e. The summed E-state index contributed by atoms with van der Waals surface area (Å²) in [5.74, 6) is 1.14. The van der Waals surface area contributed by atoms with Crippen LogP contribution in [0.1, 0.15) is 58.8 Å². The van der Waals surface area contributed by atoms with Crippen molar-refractivity contribution < 1.29 is 24.2 Å². The molecule has 30 heavy (non-hydrogen) atoms. The fraction of sp³-hybridized carbons (Fsp3) is 0.792. The van der Waals surface area contributed by atoms with E-state index in [4.69, 9.17) is 4.74 Å². The number of fused-ring (bicyclic) bond motifs is 5. The van der Waals surface area contributed by atoms with Gasteiger partial charge >= 0.3 is 0 Å². The van der Waals surface area contributed by atoms with Crippen LogP contribution in [0.3, 0.4) is 0 Å². The molecule has 3 fully saturated rings. The van der Waals surface area contributed by atoms with Crippen molar-refractivity contribution in [3.63, 3.8) is 0 Å². The van der Waals surface area contributed by atoms with Crippen LogP contribution < -0.4 is 0 Å². The number of Topliss-reactive ketones (excluding diaryl/α,β-unsaturated/α-hetero) is 1. The summed E-state index contributed by atoms with van der Waals surface area (Å²) in [6.07, 6.45) is 7.75. The normalized spacial score (nSPS) is 42.7. The van der Waals surface area contributed by atoms with Gasteiger partial charge in [-0.15, -0.1) is 0 Å². The molecule has 0 heterocycles. The summed E-state index contributed by atoms with van der Waals surface area (Å²) in [5.41, 5.74) is 0.947. The maximum atomic E-state index is 12.5. The van der Waals surface area contributed by atoms with E-state index < -0.39 is 0 Å². The Morgan fingerprint density at radius 1 is 1.23 bits per heavy atom. The zero-order valence-electron chi connectivity index (χ0n) is 18.3. The molecule has 0 amide bonds. The average molecular weight is 435 g/mol. The van der Waals surface area contributed by atoms with E-state index in [0.29, 0.717) is 30.8 Å². The monoisotopic (exact) mass is 434 g/mol. The standard InChI is InChI=1S/C24H34O5S/c1-14(26)30-21-11-15-10-16(27)6-9-24(15,13-29-3)19-7-8-23(2)17(20(28)12-25)4-5-18(23)22(19)21/h10,17-19,21-22,25H,4-9,11-13H2,1-3H3/t17-,18+,19+,21?,22+,23-,24-/m1/s1. The second kappa shape index (κ2) is 8.18. The average Bonchev–Trinajstić information content (AvgIpc) is 3.05. The molecular formula is C24H34O5S. The Bertz CT molecular complexity index is 776. The molecular weight excluding hydrogens is 400 g/mol. The molecule has 4 aliphatic carbocycles. The molecule has 7 atom stereocenters. The van der Waals surface area contributed by atoms with Gasteiger partial charge in [0, 0.05) is 37.0 Å². The quantitative estimate of drug-likeness (QED) is 0.712. The summed E-state index contributed by atoms with van der Waals surface area (Å²) in [5, 5.41) is 9.80. The molecule has 1 N–H and O–H groups in total. The summed E-state index contributed by atoms with van der Waals surface area (Å²) < 4.78 is 5.74. The predicted molar refractivity (Wildman–Crippen MR) is 116 cm³/mol. The van der Waals surface area contributed by atoms with Crippen LogP contribution in [0.15, 0.2) is 11.6 Å². The lowest BCUT2D eigenvalue weighted by atomic mass is 9.46. The third-order valence-electron chi connectivity index (χ3n) is 8.95. The zero-order valence-corrected chi connectivity index (χ0v) is 19.1. The third kappa shape index (κ3) is 3.34. The lowest BCUT2D eigenvalue weighted by Gasteiger charge is -2.60. The number of methoxy groups -OCH3 is 1. The highest BCUT2D eigenvalue weighted by atomic mass is 32.2. The fourth-order valence-corrected chi connectivity index (χ4v) is 9.04. The summed E-state index contributed by atoms with van der Waals surface area (Å²) >= 11 is 1.43. The molecule has 3 saturated carbocycles. The van der Waals surface area contributed by atoms with Crippen molar-refractivity contribution in [1.29, 1.82) is 0 Å². The lowest BCUT2D eigenvalue weighted by Crippen LogP contribution is -2.57. The van der Waals surface area contributed by atoms with Gasteiger partial charge in [0.25, 0.3) is 0 Å². The summed E-state index contributed by atoms with van der Waals surface area (Å²) in [6, 6.07) is 0. The van der Waals surface area contributed by atoms with Crippen LogP contribution in [-0.2, 0) is 19.1 Å². The second-order valence-corrected chi connectivity index (χ2v) is 11.6. The number of aliphatic hydroxyl groups is 1. The molecule has 5 nitrogen and oxygen atoms in total. The Morgan fingerprint density at radius 3 is 2.67 bits per heavy atom. The van der Waals surface area contributed by atoms with Gasteiger partial charge < -0.3 is 9.84 Å². The number of thioether (sulfide) groups is 1. The molecule has 4 aliphatic rings. The van der Waals surface area contributed by atoms with Crippen LogP contribution in [0.5, 0.6) is 0 Å². The van der Waals surface area contributed by atoms with Gasteiger partial charge in [-0.25, -0.2) is 0 Å². The number of rotatable bonds is 5. The number of carbonyl (C=O) groups is 3. The van der Waals surface area contributed by atoms with E-state index in [1.807, 2.05) is 6.08 Å². The Hall–Kier alpha value is -0.980. The van der Waals surface area contributed by atoms with Gasteiger partial charge in [-0.05, 0) is 67.8 Å². The van der Waals surface area contributed by atoms with Gasteiger partial charge in [0.05, 0.1) is 6.61 Å². The van der Waals surface area contributed by atoms with Gasteiger partial charge in [-0.3, -0.25) is 14.4 Å². The summed E-state index contributed by atoms with van der Waals surface area (Å²) in [6.45, 7) is 4.11. The molecule has 0 spiro atoms. The van der Waals surface area contributed by atoms with Gasteiger partial charge in [0.15, 0.2) is 16.7 Å². The van der Waals surface area contributed by atoms with E-state index in [0.717, 1.165) is 38.5 Å². The first kappa shape index (κ1) is 22.2. The Kier molecular flexibility index (Phi) is 6.06. The molecule has 1 unspecified atom stereocenters. The molecule has 6 heteroatoms. The second-order valence-electron chi connectivity index (χ2n) is 10.2. The molecule has 0 radical (unpaired) electrons. The van der Waals surface area contributed by atoms with E-state index >= 15 is 0 Å². The number of ether oxygens (including phenoxy) is 1. The summed E-state index contributed by atoms with van der Waals surface area (Å²) in [7, 11) is 1.74. The van der Waals surface area contributed by atoms with Crippen LogP contribution in [0.25, 0.3) is 0 Å². The van der Waals surface area contributed by atoms with Crippen molar-refractivity contribution in [3.05, 3.63) is 11.6 Å². The highest BCUT2D eigenvalue weighted by Gasteiger charge is 2.63. The SMILES string of the molecule is COC[C@]12CCC(=O)C=C1CC(SC(C)=O)[C@@H]1[C@@H]2CC[C@]2(C)[C@@H](C(=O)CO)CC[C@@H]12. The lowest BCUT2D eigenvalue weighted by molar-refractivity contribution is -0.134. The van der Waals surface area contributed by atoms with E-state index in [2.05, 4.69) is 6.92 Å². The minimum absolute atomic E-state index is 0.0273. The van der Waals surface area contributed by atoms with Crippen molar-refractivity contribution in [2.24, 2.45) is 34.5 Å². The molecule has 0 bridgehead atoms. The Labute approximate surface area is 183 Å². The van der Waals surface area contributed by atoms with Crippen molar-refractivity contribution in [2.75, 3.05) is 20.3 Å². The van der Waals surface area contributed by atoms with Crippen LogP contribution in [0, 0.1) is 34.5 Å². The number of ketones is 2. The van der Waals surface area contributed by atoms with E-state index in [-0.39, 0.29) is 45.3 Å². The molecule has 0 aromatic rings. The zero-order chi connectivity index (χ0) is 21.7. The minimum atomic E-state index is -0.380. The van der Waals surface area contributed by atoms with Gasteiger partial charge in [-0.1, -0.05) is 24.3 Å². The molecule has 0 aromatic heterocycles. The van der Waals surface area contributed by atoms with E-state index in [9.17, 15) is 19.5 Å². The van der Waals surface area contributed by atoms with Crippen LogP contribution >= 0.6 is 11.8 Å². The van der Waals surface area contributed by atoms with Crippen LogP contribution in [0.2, 0.25) is 0 Å². The number of carbonyl (C=O) groups excluding carboxylic acids is 3. The van der Waals surface area contributed by atoms with E-state index in [1.165, 1.54) is 17.3 Å². The number of hydrogen-bond acceptors (Lipinski definition) is 6. The highest BCUT2D eigenvalue weighted by Crippen LogP contribution is 2.68. The Balaban J connectivity index is 1.77. The first-order valence-corrected chi connectivity index (χ1v) is 12.2. The molecule has 166 valence electrons. The maximum absolute atomic E-state index is 12.5. The number of aliphatic hydroxyl groups excluding tert-OH is 1. The molecule has 0 aromatic carbocycles. The summed E-state index contributed by atoms with van der Waals surface area (Å²) in [4.78, 5) is 37.0. The maximum Gasteiger partial charge on any atom is 0.186 e. The third-order valence-corrected chi connectivity index (χ3v) is 10.1. The van der Waals surface area contributed by atoms with Crippen molar-refractivity contribution in [3.8, 4) is 0 Å². The fourth-order valence-electron chi connectivity index (χ4n) is 7.82. The van der Waals surface area contributed by atoms with Crippen LogP contribution in [0.4, 0.5) is 0 Å². The topological polar surface area (TPSA) is 80.7 Å². The van der Waals surface area contributed by atoms with Gasteiger partial charge in [0.1, 0.15) is 6.61 Å². The predicted octanol–water partition coefficient (Wildman–Crippen LogP) is 3.58. The molecule has 0 saturated heterocycles. The molecule has 0 aliphatic heterocycles. The van der Waals surface area contributed by atoms with Gasteiger partial charge in [0.2, 0.25) is 0 Å². The van der Waals surface area contributed by atoms with E-state index in [1.54, 1.807) is 14.0 Å². The highest BCUT2D eigenvalue weighted by molar-refractivity contribution is 8.14. The van der Waals surface area contributed by atoms with Crippen molar-refractivity contribution >= 4 is 28.4 Å². The first-order chi connectivity index (χ1) is 14.3. The van der Waals surface area contributed by atoms with Crippen molar-refractivity contribution in [1.82, 2.24) is 0 Å². The molecule has 4 rings (SSSR count). The Morgan fingerprint density at radius 2 is 2.00 bits per heavy atom. The smallest absolute Gasteiger partial charge is 0.186 e. The minimum Gasteiger partial charge on any atom is -0.389 e. The van der Waals surface area contributed by atoms with Gasteiger partial charge in [-0.2, -0.15) is 0 Å². The van der Waals surface area contributed by atoms with Crippen molar-refractivity contribution in [2.45, 2.75) is 64.0 Å². The number of hydrogen-bond donors (Lipinski definition) is 1. The van der Waals surface area contributed by atoms with Crippen LogP contribution in [-0.4, -0.2) is 47.4 Å². The first-order valence-electron chi connectivity index (χ1n) is 11.3.